The van der Waals surface area contributed by atoms with E-state index in [1.54, 1.807) is 23.9 Å². The van der Waals surface area contributed by atoms with Gasteiger partial charge in [-0.25, -0.2) is 13.4 Å². The maximum Gasteiger partial charge on any atom is 0.243 e. The van der Waals surface area contributed by atoms with Crippen molar-refractivity contribution in [1.29, 1.82) is 0 Å². The minimum atomic E-state index is -3.54. The molecule has 4 rings (SSSR count). The number of imidazole rings is 1. The second-order valence-corrected chi connectivity index (χ2v) is 10.0. The van der Waals surface area contributed by atoms with E-state index in [0.717, 1.165) is 28.5 Å². The average Bonchev–Trinajstić information content (AvgIpc) is 3.09. The molecule has 0 amide bonds. The Morgan fingerprint density at radius 1 is 1.17 bits per heavy atom. The van der Waals surface area contributed by atoms with Gasteiger partial charge in [-0.15, -0.1) is 0 Å². The lowest BCUT2D eigenvalue weighted by atomic mass is 10.2. The standard InChI is InChI=1S/C20H22ClN3O3S2/c1-2-24-19-7-6-17(29(25,26)23-8-10-27-11-9-23)13-18(19)22-20(24)28-14-15-4-3-5-16(21)12-15/h3-7,12-13H,2,8-11,14H2,1H3. The van der Waals surface area contributed by atoms with Crippen molar-refractivity contribution >= 4 is 44.4 Å². The van der Waals surface area contributed by atoms with E-state index in [1.807, 2.05) is 30.3 Å². The van der Waals surface area contributed by atoms with Crippen LogP contribution < -0.4 is 0 Å². The van der Waals surface area contributed by atoms with Crippen LogP contribution in [0.4, 0.5) is 0 Å². The number of nitrogens with zero attached hydrogens (tertiary/aromatic N) is 3. The van der Waals surface area contributed by atoms with E-state index in [-0.39, 0.29) is 4.90 Å². The highest BCUT2D eigenvalue weighted by atomic mass is 35.5. The van der Waals surface area contributed by atoms with Crippen molar-refractivity contribution < 1.29 is 13.2 Å². The van der Waals surface area contributed by atoms with Crippen LogP contribution in [0.3, 0.4) is 0 Å². The summed E-state index contributed by atoms with van der Waals surface area (Å²) in [5.41, 5.74) is 2.74. The molecule has 1 aliphatic rings. The second-order valence-electron chi connectivity index (χ2n) is 6.72. The van der Waals surface area contributed by atoms with Crippen LogP contribution in [0.5, 0.6) is 0 Å². The fourth-order valence-electron chi connectivity index (χ4n) is 3.37. The largest absolute Gasteiger partial charge is 0.379 e. The summed E-state index contributed by atoms with van der Waals surface area (Å²) < 4.78 is 34.8. The molecule has 0 spiro atoms. The summed E-state index contributed by atoms with van der Waals surface area (Å²) in [6.07, 6.45) is 0. The fraction of sp³-hybridized carbons (Fsp3) is 0.350. The highest BCUT2D eigenvalue weighted by Gasteiger charge is 2.27. The first-order valence-corrected chi connectivity index (χ1v) is 12.2. The SMILES string of the molecule is CCn1c(SCc2cccc(Cl)c2)nc2cc(S(=O)(=O)N3CCOCC3)ccc21. The van der Waals surface area contributed by atoms with Gasteiger partial charge in [0.2, 0.25) is 10.0 Å². The summed E-state index contributed by atoms with van der Waals surface area (Å²) in [6.45, 7) is 4.42. The number of morpholine rings is 1. The predicted octanol–water partition coefficient (Wildman–Crippen LogP) is 4.02. The van der Waals surface area contributed by atoms with Crippen LogP contribution in [0.15, 0.2) is 52.5 Å². The third-order valence-corrected chi connectivity index (χ3v) is 8.04. The van der Waals surface area contributed by atoms with Gasteiger partial charge in [-0.05, 0) is 42.8 Å². The van der Waals surface area contributed by atoms with Crippen molar-refractivity contribution in [2.45, 2.75) is 29.3 Å². The third kappa shape index (κ3) is 4.32. The van der Waals surface area contributed by atoms with Gasteiger partial charge in [0.1, 0.15) is 0 Å². The van der Waals surface area contributed by atoms with Crippen LogP contribution in [0.1, 0.15) is 12.5 Å². The lowest BCUT2D eigenvalue weighted by Crippen LogP contribution is -2.40. The minimum Gasteiger partial charge on any atom is -0.379 e. The molecule has 154 valence electrons. The Morgan fingerprint density at radius 2 is 1.97 bits per heavy atom. The molecule has 0 atom stereocenters. The summed E-state index contributed by atoms with van der Waals surface area (Å²) in [4.78, 5) is 5.00. The van der Waals surface area contributed by atoms with Gasteiger partial charge in [-0.3, -0.25) is 0 Å². The van der Waals surface area contributed by atoms with E-state index in [9.17, 15) is 8.42 Å². The molecular formula is C20H22ClN3O3S2. The number of aryl methyl sites for hydroxylation is 1. The van der Waals surface area contributed by atoms with Crippen LogP contribution in [-0.4, -0.2) is 48.6 Å². The van der Waals surface area contributed by atoms with Gasteiger partial charge in [-0.1, -0.05) is 35.5 Å². The summed E-state index contributed by atoms with van der Waals surface area (Å²) in [5.74, 6) is 0.739. The van der Waals surface area contributed by atoms with Crippen LogP contribution in [-0.2, 0) is 27.1 Å². The van der Waals surface area contributed by atoms with E-state index in [0.29, 0.717) is 36.8 Å². The van der Waals surface area contributed by atoms with E-state index in [1.165, 1.54) is 4.31 Å². The zero-order chi connectivity index (χ0) is 20.4. The van der Waals surface area contributed by atoms with Crippen molar-refractivity contribution in [2.24, 2.45) is 0 Å². The Morgan fingerprint density at radius 3 is 2.69 bits per heavy atom. The van der Waals surface area contributed by atoms with Gasteiger partial charge in [0.05, 0.1) is 29.1 Å². The Labute approximate surface area is 179 Å². The fourth-order valence-corrected chi connectivity index (χ4v) is 6.04. The Kier molecular flexibility index (Phi) is 6.17. The van der Waals surface area contributed by atoms with Crippen LogP contribution in [0.25, 0.3) is 11.0 Å². The molecule has 2 heterocycles. The van der Waals surface area contributed by atoms with Gasteiger partial charge in [0.15, 0.2) is 5.16 Å². The lowest BCUT2D eigenvalue weighted by Gasteiger charge is -2.26. The lowest BCUT2D eigenvalue weighted by molar-refractivity contribution is 0.0730. The smallest absolute Gasteiger partial charge is 0.243 e. The molecule has 1 aromatic heterocycles. The Bertz CT molecular complexity index is 1130. The summed E-state index contributed by atoms with van der Waals surface area (Å²) in [7, 11) is -3.54. The molecule has 0 bridgehead atoms. The van der Waals surface area contributed by atoms with Crippen molar-refractivity contribution in [3.63, 3.8) is 0 Å². The topological polar surface area (TPSA) is 64.4 Å². The third-order valence-electron chi connectivity index (χ3n) is 4.87. The zero-order valence-corrected chi connectivity index (χ0v) is 18.4. The monoisotopic (exact) mass is 451 g/mol. The Balaban J connectivity index is 1.63. The molecule has 9 heteroatoms. The molecular weight excluding hydrogens is 430 g/mol. The van der Waals surface area contributed by atoms with E-state index < -0.39 is 10.0 Å². The molecule has 1 fully saturated rings. The first-order valence-electron chi connectivity index (χ1n) is 9.44. The predicted molar refractivity (Wildman–Crippen MR) is 116 cm³/mol. The first kappa shape index (κ1) is 20.7. The number of rotatable bonds is 6. The zero-order valence-electron chi connectivity index (χ0n) is 16.0. The number of benzene rings is 2. The van der Waals surface area contributed by atoms with Crippen molar-refractivity contribution in [2.75, 3.05) is 26.3 Å². The average molecular weight is 452 g/mol. The normalized spacial score (nSPS) is 15.8. The van der Waals surface area contributed by atoms with Gasteiger partial charge in [-0.2, -0.15) is 4.31 Å². The van der Waals surface area contributed by atoms with E-state index in [2.05, 4.69) is 11.5 Å². The summed E-state index contributed by atoms with van der Waals surface area (Å²) >= 11 is 7.69. The number of aromatic nitrogens is 2. The summed E-state index contributed by atoms with van der Waals surface area (Å²) in [5, 5.41) is 1.58. The molecule has 0 radical (unpaired) electrons. The number of fused-ring (bicyclic) bond motifs is 1. The number of sulfonamides is 1. The molecule has 0 unspecified atom stereocenters. The second kappa shape index (κ2) is 8.65. The number of ether oxygens (including phenoxy) is 1. The number of halogens is 1. The highest BCUT2D eigenvalue weighted by molar-refractivity contribution is 7.98. The van der Waals surface area contributed by atoms with Crippen molar-refractivity contribution in [3.05, 3.63) is 53.1 Å². The first-order chi connectivity index (χ1) is 14.0. The van der Waals surface area contributed by atoms with Gasteiger partial charge >= 0.3 is 0 Å². The number of hydrogen-bond donors (Lipinski definition) is 0. The molecule has 1 saturated heterocycles. The maximum atomic E-state index is 13.0. The van der Waals surface area contributed by atoms with Gasteiger partial charge < -0.3 is 9.30 Å². The van der Waals surface area contributed by atoms with Gasteiger partial charge in [0.25, 0.3) is 0 Å². The maximum absolute atomic E-state index is 13.0. The molecule has 29 heavy (non-hydrogen) atoms. The summed E-state index contributed by atoms with van der Waals surface area (Å²) in [6, 6.07) is 13.0. The molecule has 3 aromatic rings. The van der Waals surface area contributed by atoms with Gasteiger partial charge in [0, 0.05) is 30.4 Å². The number of hydrogen-bond acceptors (Lipinski definition) is 5. The van der Waals surface area contributed by atoms with E-state index in [4.69, 9.17) is 21.3 Å². The molecule has 6 nitrogen and oxygen atoms in total. The molecule has 0 saturated carbocycles. The Hall–Kier alpha value is -1.58. The quantitative estimate of drug-likeness (QED) is 0.529. The van der Waals surface area contributed by atoms with Crippen LogP contribution in [0.2, 0.25) is 5.02 Å². The molecule has 0 N–H and O–H groups in total. The highest BCUT2D eigenvalue weighted by Crippen LogP contribution is 2.29. The van der Waals surface area contributed by atoms with Crippen LogP contribution >= 0.6 is 23.4 Å². The molecule has 0 aliphatic carbocycles. The van der Waals surface area contributed by atoms with E-state index >= 15 is 0 Å². The number of thioether (sulfide) groups is 1. The molecule has 2 aromatic carbocycles. The minimum absolute atomic E-state index is 0.277. The molecule has 1 aliphatic heterocycles. The van der Waals surface area contributed by atoms with Crippen molar-refractivity contribution in [1.82, 2.24) is 13.9 Å². The van der Waals surface area contributed by atoms with Crippen LogP contribution in [0, 0.1) is 0 Å². The van der Waals surface area contributed by atoms with Crippen molar-refractivity contribution in [3.8, 4) is 0 Å².